The number of nitrogens with zero attached hydrogens (tertiary/aromatic N) is 5. The molecule has 4 aromatic rings. The van der Waals surface area contributed by atoms with Gasteiger partial charge in [-0.2, -0.15) is 0 Å². The molecule has 1 amide bonds. The van der Waals surface area contributed by atoms with Crippen LogP contribution in [-0.4, -0.2) is 44.7 Å². The molecule has 0 saturated carbocycles. The molecule has 1 atom stereocenters. The van der Waals surface area contributed by atoms with Gasteiger partial charge in [0.2, 0.25) is 5.91 Å². The van der Waals surface area contributed by atoms with Crippen LogP contribution < -0.4 is 0 Å². The molecule has 0 unspecified atom stereocenters. The van der Waals surface area contributed by atoms with E-state index in [0.717, 1.165) is 16.8 Å². The van der Waals surface area contributed by atoms with Gasteiger partial charge in [-0.3, -0.25) is 14.3 Å². The Morgan fingerprint density at radius 2 is 1.65 bits per heavy atom. The monoisotopic (exact) mass is 449 g/mol. The molecule has 0 aliphatic carbocycles. The second kappa shape index (κ2) is 9.32. The second-order valence-corrected chi connectivity index (χ2v) is 8.50. The maximum Gasteiger partial charge on any atom is 0.240 e. The fourth-order valence-corrected chi connectivity index (χ4v) is 4.41. The molecule has 156 valence electrons. The molecule has 0 saturated heterocycles. The van der Waals surface area contributed by atoms with E-state index in [4.69, 9.17) is 11.6 Å². The maximum absolute atomic E-state index is 13.0. The van der Waals surface area contributed by atoms with Gasteiger partial charge in [-0.1, -0.05) is 53.7 Å². The molecule has 0 N–H and O–H groups in total. The van der Waals surface area contributed by atoms with Gasteiger partial charge >= 0.3 is 0 Å². The molecule has 0 aliphatic heterocycles. The number of carbonyl (C=O) groups excluding carboxylic acids is 1. The number of benzene rings is 2. The molecule has 0 radical (unpaired) electrons. The lowest BCUT2D eigenvalue weighted by atomic mass is 10.1. The van der Waals surface area contributed by atoms with Crippen molar-refractivity contribution in [3.8, 4) is 17.1 Å². The molecule has 2 heterocycles. The Labute approximate surface area is 189 Å². The SMILES string of the molecule is CN(C)C(=O)[C@@H](Sc1nnc(-c2ccncc2)n1-c1ccc(Cl)cc1)c1ccccc1. The quantitative estimate of drug-likeness (QED) is 0.391. The van der Waals surface area contributed by atoms with Gasteiger partial charge in [0, 0.05) is 42.8 Å². The van der Waals surface area contributed by atoms with Crippen LogP contribution >= 0.6 is 23.4 Å². The zero-order chi connectivity index (χ0) is 21.8. The van der Waals surface area contributed by atoms with Crippen molar-refractivity contribution in [1.82, 2.24) is 24.6 Å². The lowest BCUT2D eigenvalue weighted by molar-refractivity contribution is -0.128. The molecule has 0 bridgehead atoms. The number of aromatic nitrogens is 4. The number of pyridine rings is 1. The first kappa shape index (κ1) is 21.1. The summed E-state index contributed by atoms with van der Waals surface area (Å²) in [5, 5.41) is 9.68. The van der Waals surface area contributed by atoms with Gasteiger partial charge in [0.05, 0.1) is 0 Å². The van der Waals surface area contributed by atoms with Crippen LogP contribution in [0.1, 0.15) is 10.8 Å². The van der Waals surface area contributed by atoms with E-state index in [9.17, 15) is 4.79 Å². The topological polar surface area (TPSA) is 63.9 Å². The highest BCUT2D eigenvalue weighted by atomic mass is 35.5. The van der Waals surface area contributed by atoms with Gasteiger partial charge in [0.1, 0.15) is 5.25 Å². The van der Waals surface area contributed by atoms with Gasteiger partial charge in [0.25, 0.3) is 0 Å². The summed E-state index contributed by atoms with van der Waals surface area (Å²) in [5.74, 6) is 0.642. The summed E-state index contributed by atoms with van der Waals surface area (Å²) in [6.07, 6.45) is 3.43. The highest BCUT2D eigenvalue weighted by molar-refractivity contribution is 8.00. The summed E-state index contributed by atoms with van der Waals surface area (Å²) in [6.45, 7) is 0. The second-order valence-electron chi connectivity index (χ2n) is 7.00. The number of rotatable bonds is 6. The largest absolute Gasteiger partial charge is 0.348 e. The van der Waals surface area contributed by atoms with E-state index in [1.54, 1.807) is 31.4 Å². The summed E-state index contributed by atoms with van der Waals surface area (Å²) in [4.78, 5) is 18.7. The predicted molar refractivity (Wildman–Crippen MR) is 123 cm³/mol. The summed E-state index contributed by atoms with van der Waals surface area (Å²) in [7, 11) is 3.51. The molecule has 0 aliphatic rings. The van der Waals surface area contributed by atoms with Gasteiger partial charge in [-0.05, 0) is 42.0 Å². The van der Waals surface area contributed by atoms with Crippen LogP contribution in [0.4, 0.5) is 0 Å². The van der Waals surface area contributed by atoms with Crippen molar-refractivity contribution in [3.05, 3.63) is 89.7 Å². The van der Waals surface area contributed by atoms with Crippen LogP contribution in [0, 0.1) is 0 Å². The predicted octanol–water partition coefficient (Wildman–Crippen LogP) is 4.90. The van der Waals surface area contributed by atoms with Crippen LogP contribution in [0.25, 0.3) is 17.1 Å². The Bertz CT molecular complexity index is 1160. The van der Waals surface area contributed by atoms with E-state index >= 15 is 0 Å². The van der Waals surface area contributed by atoms with Crippen LogP contribution in [0.2, 0.25) is 5.02 Å². The van der Waals surface area contributed by atoms with Gasteiger partial charge < -0.3 is 4.90 Å². The summed E-state index contributed by atoms with van der Waals surface area (Å²) < 4.78 is 1.94. The minimum atomic E-state index is -0.461. The number of thioether (sulfide) groups is 1. The first-order valence-corrected chi connectivity index (χ1v) is 10.8. The molecule has 4 rings (SSSR count). The minimum Gasteiger partial charge on any atom is -0.348 e. The highest BCUT2D eigenvalue weighted by Crippen LogP contribution is 2.38. The number of likely N-dealkylation sites (N-methyl/N-ethyl adjacent to an activating group) is 1. The molecule has 0 spiro atoms. The molecule has 0 fully saturated rings. The van der Waals surface area contributed by atoms with Crippen molar-refractivity contribution in [2.75, 3.05) is 14.1 Å². The number of hydrogen-bond acceptors (Lipinski definition) is 5. The Morgan fingerprint density at radius 3 is 2.29 bits per heavy atom. The van der Waals surface area contributed by atoms with Crippen molar-refractivity contribution in [1.29, 1.82) is 0 Å². The zero-order valence-corrected chi connectivity index (χ0v) is 18.6. The van der Waals surface area contributed by atoms with Crippen LogP contribution in [0.3, 0.4) is 0 Å². The Balaban J connectivity index is 1.83. The van der Waals surface area contributed by atoms with Crippen molar-refractivity contribution >= 4 is 29.3 Å². The van der Waals surface area contributed by atoms with Gasteiger partial charge in [-0.25, -0.2) is 0 Å². The van der Waals surface area contributed by atoms with Crippen LogP contribution in [0.5, 0.6) is 0 Å². The number of halogens is 1. The smallest absolute Gasteiger partial charge is 0.240 e. The minimum absolute atomic E-state index is 0.0210. The van der Waals surface area contributed by atoms with Gasteiger partial charge in [-0.15, -0.1) is 10.2 Å². The maximum atomic E-state index is 13.0. The standard InChI is InChI=1S/C23H20ClN5OS/c1-28(2)22(30)20(16-6-4-3-5-7-16)31-23-27-26-21(17-12-14-25-15-13-17)29(23)19-10-8-18(24)9-11-19/h3-15,20H,1-2H3/t20-/m0/s1. The fraction of sp³-hybridized carbons (Fsp3) is 0.130. The molecular weight excluding hydrogens is 430 g/mol. The first-order valence-electron chi connectivity index (χ1n) is 9.59. The van der Waals surface area contributed by atoms with E-state index in [1.807, 2.05) is 71.3 Å². The summed E-state index contributed by atoms with van der Waals surface area (Å²) in [5.41, 5.74) is 2.63. The van der Waals surface area contributed by atoms with Gasteiger partial charge in [0.15, 0.2) is 11.0 Å². The lowest BCUT2D eigenvalue weighted by Crippen LogP contribution is -2.27. The third kappa shape index (κ3) is 4.62. The van der Waals surface area contributed by atoms with Crippen molar-refractivity contribution in [2.45, 2.75) is 10.4 Å². The Kier molecular flexibility index (Phi) is 6.34. The molecule has 8 heteroatoms. The first-order chi connectivity index (χ1) is 15.0. The zero-order valence-electron chi connectivity index (χ0n) is 17.0. The molecule has 2 aromatic carbocycles. The van der Waals surface area contributed by atoms with E-state index in [-0.39, 0.29) is 5.91 Å². The van der Waals surface area contributed by atoms with E-state index < -0.39 is 5.25 Å². The fourth-order valence-electron chi connectivity index (χ4n) is 3.09. The highest BCUT2D eigenvalue weighted by Gasteiger charge is 2.27. The van der Waals surface area contributed by atoms with E-state index in [2.05, 4.69) is 15.2 Å². The number of hydrogen-bond donors (Lipinski definition) is 0. The number of carbonyl (C=O) groups is 1. The summed E-state index contributed by atoms with van der Waals surface area (Å²) >= 11 is 7.48. The molecule has 6 nitrogen and oxygen atoms in total. The van der Waals surface area contributed by atoms with Crippen LogP contribution in [0.15, 0.2) is 84.3 Å². The van der Waals surface area contributed by atoms with E-state index in [0.29, 0.717) is 16.0 Å². The Hall–Kier alpha value is -3.16. The summed E-state index contributed by atoms with van der Waals surface area (Å²) in [6, 6.07) is 20.9. The molecule has 2 aromatic heterocycles. The van der Waals surface area contributed by atoms with Crippen molar-refractivity contribution in [2.24, 2.45) is 0 Å². The van der Waals surface area contributed by atoms with Crippen molar-refractivity contribution < 1.29 is 4.79 Å². The lowest BCUT2D eigenvalue weighted by Gasteiger charge is -2.20. The average Bonchev–Trinajstić information content (AvgIpc) is 3.22. The van der Waals surface area contributed by atoms with E-state index in [1.165, 1.54) is 11.8 Å². The van der Waals surface area contributed by atoms with Crippen LogP contribution in [-0.2, 0) is 4.79 Å². The van der Waals surface area contributed by atoms with Crippen molar-refractivity contribution in [3.63, 3.8) is 0 Å². The molecule has 31 heavy (non-hydrogen) atoms. The number of amides is 1. The molecular formula is C23H20ClN5OS. The average molecular weight is 450 g/mol. The third-order valence-electron chi connectivity index (χ3n) is 4.65. The third-order valence-corrected chi connectivity index (χ3v) is 6.08. The Morgan fingerprint density at radius 1 is 0.968 bits per heavy atom. The normalized spacial score (nSPS) is 11.8.